The number of hydrogen-bond donors (Lipinski definition) is 1. The summed E-state index contributed by atoms with van der Waals surface area (Å²) in [7, 11) is 0.262. The number of rotatable bonds is 13. The van der Waals surface area contributed by atoms with Gasteiger partial charge in [0, 0.05) is 18.7 Å². The third-order valence-corrected chi connectivity index (χ3v) is 9.69. The third kappa shape index (κ3) is 7.63. The number of methoxy groups -OCH3 is 3. The average molecular weight is 624 g/mol. The Morgan fingerprint density at radius 3 is 2.23 bits per heavy atom. The van der Waals surface area contributed by atoms with Gasteiger partial charge in [0.15, 0.2) is 11.5 Å². The molecule has 0 aromatic heterocycles. The fourth-order valence-electron chi connectivity index (χ4n) is 5.29. The molecule has 1 N–H and O–H groups in total. The monoisotopic (exact) mass is 623 g/mol. The summed E-state index contributed by atoms with van der Waals surface area (Å²) in [5, 5.41) is 3.08. The molecule has 10 nitrogen and oxygen atoms in total. The van der Waals surface area contributed by atoms with Crippen molar-refractivity contribution >= 4 is 27.5 Å². The van der Waals surface area contributed by atoms with Crippen molar-refractivity contribution in [2.45, 2.75) is 63.1 Å². The number of carbonyl (C=O) groups excluding carboxylic acids is 2. The van der Waals surface area contributed by atoms with Gasteiger partial charge in [-0.3, -0.25) is 13.9 Å². The van der Waals surface area contributed by atoms with Crippen molar-refractivity contribution in [1.29, 1.82) is 0 Å². The molecular weight excluding hydrogens is 582 g/mol. The van der Waals surface area contributed by atoms with Crippen molar-refractivity contribution in [3.63, 3.8) is 0 Å². The maximum absolute atomic E-state index is 14.2. The van der Waals surface area contributed by atoms with Crippen LogP contribution in [0.1, 0.15) is 43.7 Å². The first-order valence-electron chi connectivity index (χ1n) is 14.6. The average Bonchev–Trinajstić information content (AvgIpc) is 3.55. The quantitative estimate of drug-likeness (QED) is 0.294. The topological polar surface area (TPSA) is 114 Å². The molecule has 236 valence electrons. The number of amides is 2. The number of anilines is 1. The number of hydrogen-bond acceptors (Lipinski definition) is 7. The lowest BCUT2D eigenvalue weighted by Crippen LogP contribution is -2.52. The number of benzene rings is 3. The van der Waals surface area contributed by atoms with E-state index in [0.29, 0.717) is 17.2 Å². The van der Waals surface area contributed by atoms with Gasteiger partial charge in [0.1, 0.15) is 18.3 Å². The Hall–Kier alpha value is -4.25. The van der Waals surface area contributed by atoms with Gasteiger partial charge in [0.2, 0.25) is 11.8 Å². The molecule has 1 saturated carbocycles. The van der Waals surface area contributed by atoms with Gasteiger partial charge in [-0.05, 0) is 68.7 Å². The van der Waals surface area contributed by atoms with Crippen LogP contribution >= 0.6 is 0 Å². The van der Waals surface area contributed by atoms with E-state index < -0.39 is 28.5 Å². The van der Waals surface area contributed by atoms with Gasteiger partial charge in [-0.25, -0.2) is 8.42 Å². The zero-order chi connectivity index (χ0) is 31.9. The molecule has 3 aromatic carbocycles. The van der Waals surface area contributed by atoms with Crippen molar-refractivity contribution in [2.24, 2.45) is 0 Å². The standard InChI is InChI=1S/C33H41N3O7S/c1-23-13-16-29(17-14-23)44(39,40)36(27-15-18-30(42-4)31(20-27)43-5)22-32(37)35(21-25-9-8-12-28(19-25)41-3)24(2)33(38)34-26-10-6-7-11-26/h8-9,12-20,24,26H,6-7,10-11,21-22H2,1-5H3,(H,34,38)/t24-/m1/s1. The zero-order valence-corrected chi connectivity index (χ0v) is 26.7. The Bertz CT molecular complexity index is 1550. The number of nitrogens with zero attached hydrogens (tertiary/aromatic N) is 2. The van der Waals surface area contributed by atoms with E-state index in [1.165, 1.54) is 37.3 Å². The summed E-state index contributed by atoms with van der Waals surface area (Å²) in [6.07, 6.45) is 3.88. The highest BCUT2D eigenvalue weighted by molar-refractivity contribution is 7.92. The minimum absolute atomic E-state index is 0.0251. The Morgan fingerprint density at radius 2 is 1.59 bits per heavy atom. The van der Waals surface area contributed by atoms with Gasteiger partial charge < -0.3 is 24.4 Å². The van der Waals surface area contributed by atoms with Gasteiger partial charge in [-0.2, -0.15) is 0 Å². The van der Waals surface area contributed by atoms with E-state index in [1.54, 1.807) is 56.5 Å². The normalized spacial score (nSPS) is 14.0. The second kappa shape index (κ2) is 14.5. The van der Waals surface area contributed by atoms with Crippen LogP contribution in [0.15, 0.2) is 71.6 Å². The Balaban J connectivity index is 1.74. The molecule has 0 heterocycles. The summed E-state index contributed by atoms with van der Waals surface area (Å²) in [5.74, 6) is 0.484. The number of nitrogens with one attached hydrogen (secondary N) is 1. The zero-order valence-electron chi connectivity index (χ0n) is 25.9. The van der Waals surface area contributed by atoms with Crippen LogP contribution in [-0.2, 0) is 26.2 Å². The fourth-order valence-corrected chi connectivity index (χ4v) is 6.69. The summed E-state index contributed by atoms with van der Waals surface area (Å²) in [4.78, 5) is 29.1. The number of aryl methyl sites for hydroxylation is 1. The van der Waals surface area contributed by atoms with Gasteiger partial charge in [0.05, 0.1) is 31.9 Å². The van der Waals surface area contributed by atoms with E-state index in [-0.39, 0.29) is 29.1 Å². The van der Waals surface area contributed by atoms with Gasteiger partial charge in [-0.1, -0.05) is 42.7 Å². The minimum Gasteiger partial charge on any atom is -0.497 e. The van der Waals surface area contributed by atoms with Crippen LogP contribution in [0, 0.1) is 6.92 Å². The molecule has 4 rings (SSSR count). The highest BCUT2D eigenvalue weighted by Gasteiger charge is 2.34. The van der Waals surface area contributed by atoms with Crippen LogP contribution < -0.4 is 23.8 Å². The molecule has 2 amide bonds. The van der Waals surface area contributed by atoms with Crippen molar-refractivity contribution in [3.8, 4) is 17.2 Å². The lowest BCUT2D eigenvalue weighted by Gasteiger charge is -2.32. The summed E-state index contributed by atoms with van der Waals surface area (Å²) >= 11 is 0. The molecule has 0 unspecified atom stereocenters. The predicted octanol–water partition coefficient (Wildman–Crippen LogP) is 4.69. The van der Waals surface area contributed by atoms with Gasteiger partial charge >= 0.3 is 0 Å². The molecule has 1 aliphatic carbocycles. The van der Waals surface area contributed by atoms with Crippen LogP contribution in [0.2, 0.25) is 0 Å². The van der Waals surface area contributed by atoms with Crippen LogP contribution in [0.25, 0.3) is 0 Å². The van der Waals surface area contributed by atoms with Crippen LogP contribution in [0.4, 0.5) is 5.69 Å². The molecule has 3 aromatic rings. The number of carbonyl (C=O) groups is 2. The molecule has 0 radical (unpaired) electrons. The van der Waals surface area contributed by atoms with Gasteiger partial charge in [0.25, 0.3) is 10.0 Å². The first-order valence-corrected chi connectivity index (χ1v) is 16.1. The lowest BCUT2D eigenvalue weighted by molar-refractivity contribution is -0.139. The number of sulfonamides is 1. The van der Waals surface area contributed by atoms with E-state index in [1.807, 2.05) is 13.0 Å². The molecule has 0 spiro atoms. The molecule has 11 heteroatoms. The van der Waals surface area contributed by atoms with Crippen molar-refractivity contribution in [1.82, 2.24) is 10.2 Å². The SMILES string of the molecule is COc1cccc(CN(C(=O)CN(c2ccc(OC)c(OC)c2)S(=O)(=O)c2ccc(C)cc2)[C@H](C)C(=O)NC2CCCC2)c1. The predicted molar refractivity (Wildman–Crippen MR) is 169 cm³/mol. The third-order valence-electron chi connectivity index (χ3n) is 7.90. The van der Waals surface area contributed by atoms with Crippen molar-refractivity contribution in [2.75, 3.05) is 32.2 Å². The Labute approximate surface area is 260 Å². The first-order chi connectivity index (χ1) is 21.1. The van der Waals surface area contributed by atoms with Crippen LogP contribution in [-0.4, -0.2) is 65.1 Å². The summed E-state index contributed by atoms with van der Waals surface area (Å²) < 4.78 is 45.4. The van der Waals surface area contributed by atoms with Gasteiger partial charge in [-0.15, -0.1) is 0 Å². The molecule has 0 aliphatic heterocycles. The highest BCUT2D eigenvalue weighted by Crippen LogP contribution is 2.34. The maximum Gasteiger partial charge on any atom is 0.264 e. The van der Waals surface area contributed by atoms with E-state index in [0.717, 1.165) is 41.1 Å². The number of ether oxygens (including phenoxy) is 3. The van der Waals surface area contributed by atoms with E-state index in [9.17, 15) is 18.0 Å². The summed E-state index contributed by atoms with van der Waals surface area (Å²) in [6.45, 7) is 3.04. The van der Waals surface area contributed by atoms with Crippen molar-refractivity contribution < 1.29 is 32.2 Å². The summed E-state index contributed by atoms with van der Waals surface area (Å²) in [5.41, 5.74) is 1.84. The van der Waals surface area contributed by atoms with E-state index in [4.69, 9.17) is 14.2 Å². The molecule has 0 bridgehead atoms. The fraction of sp³-hybridized carbons (Fsp3) is 0.394. The smallest absolute Gasteiger partial charge is 0.264 e. The largest absolute Gasteiger partial charge is 0.497 e. The molecule has 1 fully saturated rings. The van der Waals surface area contributed by atoms with Crippen molar-refractivity contribution in [3.05, 3.63) is 77.9 Å². The first kappa shape index (κ1) is 32.7. The second-order valence-corrected chi connectivity index (χ2v) is 12.8. The molecule has 44 heavy (non-hydrogen) atoms. The maximum atomic E-state index is 14.2. The lowest BCUT2D eigenvalue weighted by atomic mass is 10.1. The van der Waals surface area contributed by atoms with Crippen LogP contribution in [0.3, 0.4) is 0 Å². The Kier molecular flexibility index (Phi) is 10.7. The summed E-state index contributed by atoms with van der Waals surface area (Å²) in [6, 6.07) is 17.5. The Morgan fingerprint density at radius 1 is 0.909 bits per heavy atom. The second-order valence-electron chi connectivity index (χ2n) is 10.9. The molecule has 1 aliphatic rings. The molecular formula is C33H41N3O7S. The van der Waals surface area contributed by atoms with E-state index >= 15 is 0 Å². The molecule has 1 atom stereocenters. The van der Waals surface area contributed by atoms with E-state index in [2.05, 4.69) is 5.32 Å². The minimum atomic E-state index is -4.22. The highest BCUT2D eigenvalue weighted by atomic mass is 32.2. The molecule has 0 saturated heterocycles. The van der Waals surface area contributed by atoms with Crippen LogP contribution in [0.5, 0.6) is 17.2 Å².